The number of nitrogens with zero attached hydrogens (tertiary/aromatic N) is 2. The minimum atomic E-state index is 0.0104. The smallest absolute Gasteiger partial charge is 0.221 e. The average Bonchev–Trinajstić information content (AvgIpc) is 2.88. The average molecular weight is 353 g/mol. The van der Waals surface area contributed by atoms with Crippen LogP contribution in [0.15, 0.2) is 29.0 Å². The number of hydrogen-bond donors (Lipinski definition) is 2. The molecule has 6 nitrogen and oxygen atoms in total. The molecule has 7 heteroatoms. The highest BCUT2D eigenvalue weighted by Crippen LogP contribution is 2.12. The van der Waals surface area contributed by atoms with Crippen molar-refractivity contribution in [2.24, 2.45) is 0 Å². The molecular formula is C14H17BrN4O2. The predicted molar refractivity (Wildman–Crippen MR) is 82.0 cm³/mol. The van der Waals surface area contributed by atoms with Crippen molar-refractivity contribution in [3.8, 4) is 0 Å². The van der Waals surface area contributed by atoms with E-state index in [9.17, 15) is 4.79 Å². The first-order valence-corrected chi connectivity index (χ1v) is 7.71. The van der Waals surface area contributed by atoms with Crippen LogP contribution in [-0.4, -0.2) is 41.1 Å². The second kappa shape index (κ2) is 6.55. The van der Waals surface area contributed by atoms with E-state index in [0.717, 1.165) is 29.0 Å². The molecule has 1 saturated heterocycles. The third-order valence-corrected chi connectivity index (χ3v) is 3.83. The Morgan fingerprint density at radius 2 is 2.43 bits per heavy atom. The molecule has 0 bridgehead atoms. The van der Waals surface area contributed by atoms with E-state index in [2.05, 4.69) is 31.5 Å². The number of fused-ring (bicyclic) bond motifs is 1. The van der Waals surface area contributed by atoms with Crippen molar-refractivity contribution in [1.82, 2.24) is 20.0 Å². The van der Waals surface area contributed by atoms with Gasteiger partial charge in [0.05, 0.1) is 25.5 Å². The Morgan fingerprint density at radius 1 is 1.52 bits per heavy atom. The largest absolute Gasteiger partial charge is 0.378 e. The van der Waals surface area contributed by atoms with Gasteiger partial charge < -0.3 is 19.8 Å². The molecule has 1 atom stereocenters. The number of imidazole rings is 1. The lowest BCUT2D eigenvalue weighted by Crippen LogP contribution is -2.44. The molecule has 0 spiro atoms. The van der Waals surface area contributed by atoms with Crippen LogP contribution in [0, 0.1) is 0 Å². The molecule has 3 heterocycles. The predicted octanol–water partition coefficient (Wildman–Crippen LogP) is 1.09. The van der Waals surface area contributed by atoms with Gasteiger partial charge in [-0.2, -0.15) is 0 Å². The van der Waals surface area contributed by atoms with Crippen LogP contribution in [0.4, 0.5) is 0 Å². The molecule has 2 aromatic heterocycles. The topological polar surface area (TPSA) is 67.7 Å². The molecule has 21 heavy (non-hydrogen) atoms. The van der Waals surface area contributed by atoms with Gasteiger partial charge in [0.25, 0.3) is 0 Å². The van der Waals surface area contributed by atoms with E-state index in [0.29, 0.717) is 19.6 Å². The first-order valence-electron chi connectivity index (χ1n) is 6.92. The van der Waals surface area contributed by atoms with Crippen LogP contribution < -0.4 is 10.6 Å². The summed E-state index contributed by atoms with van der Waals surface area (Å²) in [5.74, 6) is 0.0104. The van der Waals surface area contributed by atoms with E-state index >= 15 is 0 Å². The molecule has 0 saturated carbocycles. The Morgan fingerprint density at radius 3 is 3.24 bits per heavy atom. The van der Waals surface area contributed by atoms with Gasteiger partial charge in [-0.15, -0.1) is 0 Å². The second-order valence-electron chi connectivity index (χ2n) is 5.05. The maximum Gasteiger partial charge on any atom is 0.221 e. The molecule has 0 radical (unpaired) electrons. The Hall–Kier alpha value is -1.44. The van der Waals surface area contributed by atoms with E-state index in [-0.39, 0.29) is 11.9 Å². The van der Waals surface area contributed by atoms with E-state index in [1.54, 1.807) is 0 Å². The minimum absolute atomic E-state index is 0.0104. The first-order chi connectivity index (χ1) is 10.2. The number of morpholine rings is 1. The summed E-state index contributed by atoms with van der Waals surface area (Å²) in [5.41, 5.74) is 1.71. The fraction of sp³-hybridized carbons (Fsp3) is 0.429. The lowest BCUT2D eigenvalue weighted by Gasteiger charge is -2.23. The fourth-order valence-electron chi connectivity index (χ4n) is 2.34. The van der Waals surface area contributed by atoms with Gasteiger partial charge in [-0.3, -0.25) is 4.79 Å². The highest BCUT2D eigenvalue weighted by atomic mass is 79.9. The standard InChI is InChI=1S/C14H17BrN4O2/c15-10-1-2-13-18-12(8-19(13)7-10)6-17-14(20)5-11-9-21-4-3-16-11/h1-2,7-8,11,16H,3-6,9H2,(H,17,20). The summed E-state index contributed by atoms with van der Waals surface area (Å²) in [4.78, 5) is 16.4. The fourth-order valence-corrected chi connectivity index (χ4v) is 2.69. The number of carbonyl (C=O) groups is 1. The Bertz CT molecular complexity index is 637. The molecule has 1 aliphatic heterocycles. The van der Waals surface area contributed by atoms with E-state index < -0.39 is 0 Å². The lowest BCUT2D eigenvalue weighted by atomic mass is 10.2. The van der Waals surface area contributed by atoms with Gasteiger partial charge >= 0.3 is 0 Å². The minimum Gasteiger partial charge on any atom is -0.378 e. The summed E-state index contributed by atoms with van der Waals surface area (Å²) >= 11 is 3.42. The number of hydrogen-bond acceptors (Lipinski definition) is 4. The molecule has 1 unspecified atom stereocenters. The summed E-state index contributed by atoms with van der Waals surface area (Å²) in [6, 6.07) is 3.98. The summed E-state index contributed by atoms with van der Waals surface area (Å²) < 4.78 is 8.26. The van der Waals surface area contributed by atoms with Gasteiger partial charge in [-0.25, -0.2) is 4.98 Å². The van der Waals surface area contributed by atoms with Crippen LogP contribution >= 0.6 is 15.9 Å². The number of carbonyl (C=O) groups excluding carboxylic acids is 1. The molecule has 1 amide bonds. The summed E-state index contributed by atoms with van der Waals surface area (Å²) in [6.45, 7) is 2.55. The zero-order valence-corrected chi connectivity index (χ0v) is 13.1. The number of rotatable bonds is 4. The van der Waals surface area contributed by atoms with Crippen LogP contribution in [0.3, 0.4) is 0 Å². The van der Waals surface area contributed by atoms with Crippen molar-refractivity contribution in [2.45, 2.75) is 19.0 Å². The highest BCUT2D eigenvalue weighted by Gasteiger charge is 2.16. The molecule has 1 aliphatic rings. The lowest BCUT2D eigenvalue weighted by molar-refractivity contribution is -0.122. The van der Waals surface area contributed by atoms with Gasteiger partial charge in [0, 0.05) is 35.9 Å². The Balaban J connectivity index is 1.54. The Kier molecular flexibility index (Phi) is 4.52. The number of pyridine rings is 1. The van der Waals surface area contributed by atoms with Gasteiger partial charge in [0.15, 0.2) is 0 Å². The molecule has 112 valence electrons. The second-order valence-corrected chi connectivity index (χ2v) is 5.97. The van der Waals surface area contributed by atoms with Crippen LogP contribution in [-0.2, 0) is 16.1 Å². The molecule has 2 aromatic rings. The van der Waals surface area contributed by atoms with Gasteiger partial charge in [-0.05, 0) is 28.1 Å². The zero-order chi connectivity index (χ0) is 14.7. The van der Waals surface area contributed by atoms with E-state index in [1.807, 2.05) is 28.9 Å². The molecular weight excluding hydrogens is 336 g/mol. The molecule has 0 aromatic carbocycles. The number of nitrogens with one attached hydrogen (secondary N) is 2. The van der Waals surface area contributed by atoms with Crippen molar-refractivity contribution in [1.29, 1.82) is 0 Å². The van der Waals surface area contributed by atoms with Crippen molar-refractivity contribution in [3.63, 3.8) is 0 Å². The first kappa shape index (κ1) is 14.5. The summed E-state index contributed by atoms with van der Waals surface area (Å²) in [6.07, 6.45) is 4.29. The van der Waals surface area contributed by atoms with Gasteiger partial charge in [0.1, 0.15) is 5.65 Å². The van der Waals surface area contributed by atoms with Gasteiger partial charge in [-0.1, -0.05) is 0 Å². The monoisotopic (exact) mass is 352 g/mol. The van der Waals surface area contributed by atoms with Crippen molar-refractivity contribution < 1.29 is 9.53 Å². The summed E-state index contributed by atoms with van der Waals surface area (Å²) in [7, 11) is 0. The number of halogens is 1. The molecule has 3 rings (SSSR count). The van der Waals surface area contributed by atoms with Crippen molar-refractivity contribution in [3.05, 3.63) is 34.7 Å². The number of ether oxygens (including phenoxy) is 1. The Labute approximate surface area is 131 Å². The number of amides is 1. The molecule has 1 fully saturated rings. The molecule has 2 N–H and O–H groups in total. The zero-order valence-electron chi connectivity index (χ0n) is 11.5. The quantitative estimate of drug-likeness (QED) is 0.864. The SMILES string of the molecule is O=C(CC1COCCN1)NCc1cn2cc(Br)ccc2n1. The van der Waals surface area contributed by atoms with Crippen LogP contribution in [0.1, 0.15) is 12.1 Å². The van der Waals surface area contributed by atoms with E-state index in [4.69, 9.17) is 4.74 Å². The van der Waals surface area contributed by atoms with E-state index in [1.165, 1.54) is 0 Å². The third kappa shape index (κ3) is 3.81. The van der Waals surface area contributed by atoms with Crippen molar-refractivity contribution >= 4 is 27.5 Å². The highest BCUT2D eigenvalue weighted by molar-refractivity contribution is 9.10. The maximum absolute atomic E-state index is 11.9. The molecule has 0 aliphatic carbocycles. The van der Waals surface area contributed by atoms with Crippen LogP contribution in [0.5, 0.6) is 0 Å². The number of aromatic nitrogens is 2. The summed E-state index contributed by atoms with van der Waals surface area (Å²) in [5, 5.41) is 6.16. The van der Waals surface area contributed by atoms with Crippen molar-refractivity contribution in [2.75, 3.05) is 19.8 Å². The third-order valence-electron chi connectivity index (χ3n) is 3.36. The van der Waals surface area contributed by atoms with Gasteiger partial charge in [0.2, 0.25) is 5.91 Å². The van der Waals surface area contributed by atoms with Crippen LogP contribution in [0.25, 0.3) is 5.65 Å². The maximum atomic E-state index is 11.9. The van der Waals surface area contributed by atoms with Crippen LogP contribution in [0.2, 0.25) is 0 Å². The normalized spacial score (nSPS) is 18.8.